The van der Waals surface area contributed by atoms with Gasteiger partial charge in [-0.2, -0.15) is 0 Å². The maximum atomic E-state index is 8.70. The number of phenols is 1. The van der Waals surface area contributed by atoms with Gasteiger partial charge in [-0.3, -0.25) is 0 Å². The minimum absolute atomic E-state index is 0.245. The molecule has 4 heteroatoms. The van der Waals surface area contributed by atoms with E-state index in [1.165, 1.54) is 0 Å². The van der Waals surface area contributed by atoms with Crippen molar-refractivity contribution in [1.29, 1.82) is 0 Å². The molecule has 1 aliphatic rings. The van der Waals surface area contributed by atoms with Gasteiger partial charge < -0.3 is 15.7 Å². The highest BCUT2D eigenvalue weighted by Crippen LogP contribution is 2.12. The molecule has 0 radical (unpaired) electrons. The van der Waals surface area contributed by atoms with Crippen LogP contribution in [0.1, 0.15) is 0 Å². The van der Waals surface area contributed by atoms with Gasteiger partial charge in [0.2, 0.25) is 0 Å². The van der Waals surface area contributed by atoms with Gasteiger partial charge in [0.05, 0.1) is 0 Å². The molecule has 14 heavy (non-hydrogen) atoms. The van der Waals surface area contributed by atoms with Crippen molar-refractivity contribution in [3.63, 3.8) is 0 Å². The van der Waals surface area contributed by atoms with Gasteiger partial charge in [0.25, 0.3) is 0 Å². The fourth-order valence-electron chi connectivity index (χ4n) is 1.04. The summed E-state index contributed by atoms with van der Waals surface area (Å²) in [5.74, 6) is 0.245. The summed E-state index contributed by atoms with van der Waals surface area (Å²) in [6, 6.07) is 6.36. The Bertz CT molecular complexity index is 214. The molecule has 3 N–H and O–H groups in total. The summed E-state index contributed by atoms with van der Waals surface area (Å²) in [4.78, 5) is 0. The molecule has 0 bridgehead atoms. The van der Waals surface area contributed by atoms with Gasteiger partial charge in [-0.1, -0.05) is 11.6 Å². The van der Waals surface area contributed by atoms with Crippen molar-refractivity contribution in [2.45, 2.75) is 0 Å². The SMILES string of the molecule is C1CNCCN1.Oc1ccc(Cl)cc1. The van der Waals surface area contributed by atoms with Gasteiger partial charge in [-0.05, 0) is 24.3 Å². The van der Waals surface area contributed by atoms with Crippen LogP contribution >= 0.6 is 11.6 Å². The van der Waals surface area contributed by atoms with Crippen molar-refractivity contribution >= 4 is 11.6 Å². The lowest BCUT2D eigenvalue weighted by molar-refractivity contribution is 0.475. The summed E-state index contributed by atoms with van der Waals surface area (Å²) in [6.07, 6.45) is 0. The lowest BCUT2D eigenvalue weighted by Gasteiger charge is -2.11. The minimum atomic E-state index is 0.245. The van der Waals surface area contributed by atoms with Crippen molar-refractivity contribution in [1.82, 2.24) is 10.6 Å². The Morgan fingerprint density at radius 2 is 1.36 bits per heavy atom. The summed E-state index contributed by atoms with van der Waals surface area (Å²) in [5.41, 5.74) is 0. The van der Waals surface area contributed by atoms with E-state index in [0.717, 1.165) is 26.2 Å². The zero-order chi connectivity index (χ0) is 10.2. The standard InChI is InChI=1S/C6H5ClO.C4H10N2/c7-5-1-3-6(8)4-2-5;1-2-6-4-3-5-1/h1-4,8H;5-6H,1-4H2. The third-order valence-electron chi connectivity index (χ3n) is 1.78. The van der Waals surface area contributed by atoms with Crippen LogP contribution < -0.4 is 10.6 Å². The molecular weight excluding hydrogens is 200 g/mol. The van der Waals surface area contributed by atoms with Gasteiger partial charge in [0.15, 0.2) is 0 Å². The lowest BCUT2D eigenvalue weighted by Crippen LogP contribution is -2.39. The van der Waals surface area contributed by atoms with Crippen LogP contribution in [0.4, 0.5) is 0 Å². The van der Waals surface area contributed by atoms with Crippen molar-refractivity contribution in [2.75, 3.05) is 26.2 Å². The maximum absolute atomic E-state index is 8.70. The molecule has 0 aliphatic carbocycles. The van der Waals surface area contributed by atoms with Crippen LogP contribution in [0.2, 0.25) is 5.02 Å². The Balaban J connectivity index is 0.000000146. The third-order valence-corrected chi connectivity index (χ3v) is 2.04. The number of nitrogens with one attached hydrogen (secondary N) is 2. The summed E-state index contributed by atoms with van der Waals surface area (Å²) in [7, 11) is 0. The minimum Gasteiger partial charge on any atom is -0.508 e. The Labute approximate surface area is 89.1 Å². The van der Waals surface area contributed by atoms with Crippen LogP contribution in [0.15, 0.2) is 24.3 Å². The topological polar surface area (TPSA) is 44.3 Å². The quantitative estimate of drug-likeness (QED) is 0.609. The average molecular weight is 215 g/mol. The molecule has 0 amide bonds. The molecule has 3 nitrogen and oxygen atoms in total. The van der Waals surface area contributed by atoms with E-state index in [9.17, 15) is 0 Å². The molecule has 0 spiro atoms. The highest BCUT2D eigenvalue weighted by atomic mass is 35.5. The maximum Gasteiger partial charge on any atom is 0.115 e. The van der Waals surface area contributed by atoms with E-state index in [1.54, 1.807) is 24.3 Å². The van der Waals surface area contributed by atoms with Gasteiger partial charge in [-0.25, -0.2) is 0 Å². The van der Waals surface area contributed by atoms with E-state index in [-0.39, 0.29) is 5.75 Å². The zero-order valence-corrected chi connectivity index (χ0v) is 8.72. The van der Waals surface area contributed by atoms with Crippen LogP contribution in [0.3, 0.4) is 0 Å². The molecule has 2 rings (SSSR count). The first-order valence-corrected chi connectivity index (χ1v) is 5.03. The number of benzene rings is 1. The third kappa shape index (κ3) is 5.07. The second kappa shape index (κ2) is 6.65. The summed E-state index contributed by atoms with van der Waals surface area (Å²) >= 11 is 5.50. The number of piperazine rings is 1. The van der Waals surface area contributed by atoms with Gasteiger partial charge in [0.1, 0.15) is 5.75 Å². The zero-order valence-electron chi connectivity index (χ0n) is 7.96. The van der Waals surface area contributed by atoms with E-state index < -0.39 is 0 Å². The molecule has 1 aliphatic heterocycles. The number of aromatic hydroxyl groups is 1. The van der Waals surface area contributed by atoms with E-state index in [4.69, 9.17) is 16.7 Å². The highest BCUT2D eigenvalue weighted by molar-refractivity contribution is 6.30. The first-order valence-electron chi connectivity index (χ1n) is 4.65. The molecule has 0 atom stereocenters. The van der Waals surface area contributed by atoms with Gasteiger partial charge >= 0.3 is 0 Å². The van der Waals surface area contributed by atoms with Crippen molar-refractivity contribution in [2.24, 2.45) is 0 Å². The highest BCUT2D eigenvalue weighted by Gasteiger charge is 1.91. The largest absolute Gasteiger partial charge is 0.508 e. The fraction of sp³-hybridized carbons (Fsp3) is 0.400. The van der Waals surface area contributed by atoms with Crippen LogP contribution in [0.25, 0.3) is 0 Å². The van der Waals surface area contributed by atoms with E-state index >= 15 is 0 Å². The number of hydrogen-bond donors (Lipinski definition) is 3. The number of rotatable bonds is 0. The normalized spacial score (nSPS) is 15.5. The summed E-state index contributed by atoms with van der Waals surface area (Å²) < 4.78 is 0. The van der Waals surface area contributed by atoms with Gasteiger partial charge in [0, 0.05) is 31.2 Å². The second-order valence-electron chi connectivity index (χ2n) is 2.98. The molecule has 1 fully saturated rings. The Kier molecular flexibility index (Phi) is 5.37. The fourth-order valence-corrected chi connectivity index (χ4v) is 1.17. The molecule has 1 aromatic carbocycles. The predicted molar refractivity (Wildman–Crippen MR) is 58.9 cm³/mol. The van der Waals surface area contributed by atoms with E-state index in [0.29, 0.717) is 5.02 Å². The predicted octanol–water partition coefficient (Wildman–Crippen LogP) is 1.22. The number of phenolic OH excluding ortho intramolecular Hbond substituents is 1. The molecule has 78 valence electrons. The van der Waals surface area contributed by atoms with E-state index in [1.807, 2.05) is 0 Å². The van der Waals surface area contributed by atoms with Crippen molar-refractivity contribution in [3.05, 3.63) is 29.3 Å². The second-order valence-corrected chi connectivity index (χ2v) is 3.41. The molecule has 1 heterocycles. The Hall–Kier alpha value is -0.770. The summed E-state index contributed by atoms with van der Waals surface area (Å²) in [6.45, 7) is 4.56. The average Bonchev–Trinajstić information content (AvgIpc) is 2.26. The molecule has 1 saturated heterocycles. The monoisotopic (exact) mass is 214 g/mol. The number of hydrogen-bond acceptors (Lipinski definition) is 3. The van der Waals surface area contributed by atoms with Crippen molar-refractivity contribution < 1.29 is 5.11 Å². The molecule has 0 unspecified atom stereocenters. The van der Waals surface area contributed by atoms with Crippen molar-refractivity contribution in [3.8, 4) is 5.75 Å². The van der Waals surface area contributed by atoms with Crippen LogP contribution in [0, 0.1) is 0 Å². The van der Waals surface area contributed by atoms with E-state index in [2.05, 4.69) is 10.6 Å². The molecule has 0 saturated carbocycles. The molecule has 1 aromatic rings. The number of halogens is 1. The molecule has 0 aromatic heterocycles. The van der Waals surface area contributed by atoms with Gasteiger partial charge in [-0.15, -0.1) is 0 Å². The summed E-state index contributed by atoms with van der Waals surface area (Å²) in [5, 5.41) is 15.8. The Morgan fingerprint density at radius 1 is 0.929 bits per heavy atom. The lowest BCUT2D eigenvalue weighted by atomic mass is 10.3. The van der Waals surface area contributed by atoms with Crippen LogP contribution in [0.5, 0.6) is 5.75 Å². The first kappa shape index (κ1) is 11.3. The molecular formula is C10H15ClN2O. The first-order chi connectivity index (χ1) is 6.79. The Morgan fingerprint density at radius 3 is 1.64 bits per heavy atom. The van der Waals surface area contributed by atoms with Crippen LogP contribution in [-0.4, -0.2) is 31.3 Å². The smallest absolute Gasteiger partial charge is 0.115 e. The van der Waals surface area contributed by atoms with Crippen LogP contribution in [-0.2, 0) is 0 Å².